The van der Waals surface area contributed by atoms with Gasteiger partial charge in [0, 0.05) is 151 Å². The average molecular weight is 539 g/mol. The van der Waals surface area contributed by atoms with Crippen LogP contribution in [-0.2, 0) is 151 Å². The normalized spacial score (nSPS) is 0. The van der Waals surface area contributed by atoms with Crippen molar-refractivity contribution >= 4 is 0 Å². The van der Waals surface area contributed by atoms with Crippen molar-refractivity contribution < 1.29 is 151 Å². The van der Waals surface area contributed by atoms with Crippen molar-refractivity contribution in [1.82, 2.24) is 24.6 Å². The summed E-state index contributed by atoms with van der Waals surface area (Å²) >= 11 is 0. The maximum Gasteiger partial charge on any atom is 0 e. The monoisotopic (exact) mass is 540 g/mol. The Bertz CT molecular complexity index is 14.5. The van der Waals surface area contributed by atoms with Gasteiger partial charge in [-0.3, -0.25) is 0 Å². The first kappa shape index (κ1) is 150. The molecule has 0 aromatic heterocycles. The van der Waals surface area contributed by atoms with Crippen LogP contribution in [0.4, 0.5) is 0 Å². The Morgan fingerprint density at radius 1 is 0.273 bits per heavy atom. The number of rotatable bonds is 0. The van der Waals surface area contributed by atoms with Gasteiger partial charge in [0.15, 0.2) is 0 Å². The molecular weight excluding hydrogens is 527 g/mol. The molecule has 0 saturated carbocycles. The van der Waals surface area contributed by atoms with Crippen LogP contribution in [0.3, 0.4) is 0 Å². The summed E-state index contributed by atoms with van der Waals surface area (Å²) in [5.41, 5.74) is 0. The van der Waals surface area contributed by atoms with Crippen LogP contribution in [0, 0.1) is 0 Å². The van der Waals surface area contributed by atoms with Gasteiger partial charge >= 0.3 is 0 Å². The van der Waals surface area contributed by atoms with Crippen molar-refractivity contribution in [1.29, 1.82) is 0 Å². The van der Waals surface area contributed by atoms with Crippen LogP contribution in [0.1, 0.15) is 0 Å². The summed E-state index contributed by atoms with van der Waals surface area (Å²) in [5, 5.41) is 0. The van der Waals surface area contributed by atoms with Crippen LogP contribution in [-0.4, -0.2) is 0 Å². The smallest absolute Gasteiger partial charge is 0 e. The molecule has 0 amide bonds. The molecule has 0 spiro atoms. The second kappa shape index (κ2) is 122. The summed E-state index contributed by atoms with van der Waals surface area (Å²) in [6.07, 6.45) is 0. The molecule has 0 aromatic rings. The third kappa shape index (κ3) is 105. The van der Waals surface area contributed by atoms with E-state index in [0.717, 1.165) is 0 Å². The molecule has 62 valence electrons. The third-order valence-electron chi connectivity index (χ3n) is 0. The Morgan fingerprint density at radius 3 is 0.273 bits per heavy atom. The molecule has 0 saturated heterocycles. The van der Waals surface area contributed by atoms with E-state index in [9.17, 15) is 0 Å². The molecule has 0 unspecified atom stereocenters. The quantitative estimate of drug-likeness (QED) is 0.336. The van der Waals surface area contributed by atoms with E-state index in [1.54, 1.807) is 0 Å². The van der Waals surface area contributed by atoms with Gasteiger partial charge in [-0.2, -0.15) is 0 Å². The van der Waals surface area contributed by atoms with Gasteiger partial charge < -0.3 is 24.6 Å². The molecular formula is H12N4Ti6W. The van der Waals surface area contributed by atoms with Crippen LogP contribution in [0.25, 0.3) is 0 Å². The Morgan fingerprint density at radius 2 is 0.273 bits per heavy atom. The van der Waals surface area contributed by atoms with Crippen LogP contribution >= 0.6 is 0 Å². The number of hydrogen-bond acceptors (Lipinski definition) is 4. The summed E-state index contributed by atoms with van der Waals surface area (Å²) in [6, 6.07) is 0. The van der Waals surface area contributed by atoms with Gasteiger partial charge in [-0.1, -0.05) is 0 Å². The molecule has 12 N–H and O–H groups in total. The molecule has 11 heavy (non-hydrogen) atoms. The van der Waals surface area contributed by atoms with E-state index in [2.05, 4.69) is 0 Å². The Hall–Kier alpha value is 4.81. The van der Waals surface area contributed by atoms with E-state index in [1.165, 1.54) is 0 Å². The molecule has 0 aliphatic heterocycles. The fourth-order valence-electron chi connectivity index (χ4n) is 0. The number of hydrogen-bond donors (Lipinski definition) is 4. The summed E-state index contributed by atoms with van der Waals surface area (Å²) in [6.45, 7) is 0. The first-order valence-corrected chi connectivity index (χ1v) is 0. The van der Waals surface area contributed by atoms with E-state index in [-0.39, 0.29) is 176 Å². The summed E-state index contributed by atoms with van der Waals surface area (Å²) in [4.78, 5) is 0. The van der Waals surface area contributed by atoms with Crippen LogP contribution in [0.2, 0.25) is 0 Å². The molecule has 0 aromatic carbocycles. The third-order valence-corrected chi connectivity index (χ3v) is 0. The molecule has 11 heteroatoms. The SMILES string of the molecule is N.N.N.N.[Ti].[Ti].[Ti].[Ti].[Ti].[Ti].[W]. The fourth-order valence-corrected chi connectivity index (χ4v) is 0. The molecule has 0 rings (SSSR count). The van der Waals surface area contributed by atoms with Crippen molar-refractivity contribution in [3.05, 3.63) is 0 Å². The summed E-state index contributed by atoms with van der Waals surface area (Å²) in [5.74, 6) is 0. The van der Waals surface area contributed by atoms with Crippen molar-refractivity contribution in [2.45, 2.75) is 0 Å². The van der Waals surface area contributed by atoms with E-state index in [1.807, 2.05) is 0 Å². The first-order chi connectivity index (χ1) is 0. The van der Waals surface area contributed by atoms with Crippen molar-refractivity contribution in [3.8, 4) is 0 Å². The Balaban J connectivity index is 0. The maximum atomic E-state index is 0. The predicted molar refractivity (Wildman–Crippen MR) is 20.1 cm³/mol. The average Bonchev–Trinajstić information content (AvgIpc) is 0. The zero-order valence-electron chi connectivity index (χ0n) is 6.24. The minimum atomic E-state index is 0. The second-order valence-electron chi connectivity index (χ2n) is 0. The van der Waals surface area contributed by atoms with Gasteiger partial charge in [-0.25, -0.2) is 0 Å². The minimum Gasteiger partial charge on any atom is -0.344 e. The van der Waals surface area contributed by atoms with Gasteiger partial charge in [-0.15, -0.1) is 0 Å². The van der Waals surface area contributed by atoms with Crippen molar-refractivity contribution in [2.24, 2.45) is 0 Å². The topological polar surface area (TPSA) is 140 Å². The molecule has 0 aliphatic rings. The largest absolute Gasteiger partial charge is 0.344 e. The fraction of sp³-hybridized carbons (Fsp3) is 0. The summed E-state index contributed by atoms with van der Waals surface area (Å²) < 4.78 is 0. The Labute approximate surface area is 172 Å². The molecule has 0 atom stereocenters. The van der Waals surface area contributed by atoms with Crippen LogP contribution in [0.15, 0.2) is 0 Å². The minimum absolute atomic E-state index is 0. The van der Waals surface area contributed by atoms with E-state index < -0.39 is 0 Å². The zero-order valence-corrected chi connectivity index (χ0v) is 18.5. The maximum absolute atomic E-state index is 0. The van der Waals surface area contributed by atoms with Crippen LogP contribution < -0.4 is 24.6 Å². The van der Waals surface area contributed by atoms with E-state index >= 15 is 0 Å². The van der Waals surface area contributed by atoms with Crippen molar-refractivity contribution in [2.75, 3.05) is 0 Å². The molecule has 4 nitrogen and oxygen atoms in total. The first-order valence-electron chi connectivity index (χ1n) is 0. The van der Waals surface area contributed by atoms with Gasteiger partial charge in [0.25, 0.3) is 0 Å². The van der Waals surface area contributed by atoms with E-state index in [0.29, 0.717) is 0 Å². The van der Waals surface area contributed by atoms with Gasteiger partial charge in [-0.05, 0) is 0 Å². The standard InChI is InChI=1S/4H3N.6Ti.W/h4*1H3;;;;;;;. The molecule has 0 radical (unpaired) electrons. The summed E-state index contributed by atoms with van der Waals surface area (Å²) in [7, 11) is 0. The Kier molecular flexibility index (Phi) is 1660. The van der Waals surface area contributed by atoms with E-state index in [4.69, 9.17) is 0 Å². The molecule has 0 heterocycles. The predicted octanol–water partition coefficient (Wildman–Crippen LogP) is 0.630. The zero-order chi connectivity index (χ0) is 0. The van der Waals surface area contributed by atoms with Gasteiger partial charge in [0.1, 0.15) is 0 Å². The van der Waals surface area contributed by atoms with Crippen molar-refractivity contribution in [3.63, 3.8) is 0 Å². The molecule has 0 fully saturated rings. The molecule has 0 aliphatic carbocycles. The van der Waals surface area contributed by atoms with Gasteiger partial charge in [0.2, 0.25) is 0 Å². The molecule has 0 bridgehead atoms. The van der Waals surface area contributed by atoms with Gasteiger partial charge in [0.05, 0.1) is 0 Å². The second-order valence-corrected chi connectivity index (χ2v) is 0. The van der Waals surface area contributed by atoms with Crippen LogP contribution in [0.5, 0.6) is 0 Å².